The molecule has 1 fully saturated rings. The van der Waals surface area contributed by atoms with Crippen LogP contribution in [-0.2, 0) is 0 Å². The molecule has 1 atom stereocenters. The topological polar surface area (TPSA) is 96.9 Å². The van der Waals surface area contributed by atoms with E-state index in [1.807, 2.05) is 13.0 Å². The van der Waals surface area contributed by atoms with Gasteiger partial charge in [0, 0.05) is 5.92 Å². The number of nitrogen functional groups attached to an aromatic ring is 1. The van der Waals surface area contributed by atoms with Gasteiger partial charge in [-0.25, -0.2) is 0 Å². The number of carbonyl (C=O) groups excluding carboxylic acids is 1. The van der Waals surface area contributed by atoms with Crippen LogP contribution >= 0.6 is 0 Å². The van der Waals surface area contributed by atoms with E-state index in [0.29, 0.717) is 17.4 Å². The zero-order chi connectivity index (χ0) is 13.4. The summed E-state index contributed by atoms with van der Waals surface area (Å²) < 4.78 is 5.24. The second-order valence-corrected chi connectivity index (χ2v) is 4.88. The molecule has 1 aliphatic carbocycles. The lowest BCUT2D eigenvalue weighted by atomic mass is 10.2. The third kappa shape index (κ3) is 2.21. The molecule has 6 nitrogen and oxygen atoms in total. The fourth-order valence-electron chi connectivity index (χ4n) is 2.09. The van der Waals surface area contributed by atoms with Crippen LogP contribution in [0.3, 0.4) is 0 Å². The van der Waals surface area contributed by atoms with Gasteiger partial charge in [0.2, 0.25) is 0 Å². The van der Waals surface area contributed by atoms with Gasteiger partial charge in [-0.2, -0.15) is 5.10 Å². The molecule has 1 unspecified atom stereocenters. The Hall–Kier alpha value is -2.24. The highest BCUT2D eigenvalue weighted by molar-refractivity contribution is 5.97. The number of furan rings is 1. The monoisotopic (exact) mass is 260 g/mol. The Morgan fingerprint density at radius 2 is 2.42 bits per heavy atom. The first-order valence-corrected chi connectivity index (χ1v) is 6.35. The molecule has 1 amide bonds. The quantitative estimate of drug-likeness (QED) is 0.782. The molecule has 100 valence electrons. The number of aromatic amines is 1. The summed E-state index contributed by atoms with van der Waals surface area (Å²) in [5.74, 6) is 0.853. The number of nitrogens with zero attached hydrogens (tertiary/aromatic N) is 1. The maximum absolute atomic E-state index is 12.1. The first-order valence-electron chi connectivity index (χ1n) is 6.35. The van der Waals surface area contributed by atoms with E-state index < -0.39 is 0 Å². The highest BCUT2D eigenvalue weighted by Gasteiger charge is 2.30. The van der Waals surface area contributed by atoms with Crippen LogP contribution in [0.1, 0.15) is 53.7 Å². The van der Waals surface area contributed by atoms with Crippen molar-refractivity contribution in [3.63, 3.8) is 0 Å². The molecular formula is C13H16N4O2. The fourth-order valence-corrected chi connectivity index (χ4v) is 2.09. The number of hydrogen-bond donors (Lipinski definition) is 3. The van der Waals surface area contributed by atoms with Gasteiger partial charge in [-0.05, 0) is 31.9 Å². The van der Waals surface area contributed by atoms with Gasteiger partial charge in [-0.1, -0.05) is 0 Å². The lowest BCUT2D eigenvalue weighted by Crippen LogP contribution is -2.27. The lowest BCUT2D eigenvalue weighted by molar-refractivity contribution is 0.0931. The molecule has 0 radical (unpaired) electrons. The molecule has 2 heterocycles. The number of nitrogens with one attached hydrogen (secondary N) is 2. The second-order valence-electron chi connectivity index (χ2n) is 4.88. The largest absolute Gasteiger partial charge is 0.467 e. The molecular weight excluding hydrogens is 244 g/mol. The molecule has 3 rings (SSSR count). The molecule has 0 aliphatic heterocycles. The Bertz CT molecular complexity index is 584. The fraction of sp³-hybridized carbons (Fsp3) is 0.385. The molecule has 4 N–H and O–H groups in total. The van der Waals surface area contributed by atoms with Gasteiger partial charge >= 0.3 is 0 Å². The number of H-pyrrole nitrogens is 1. The Kier molecular flexibility index (Phi) is 2.77. The minimum absolute atomic E-state index is 0.219. The van der Waals surface area contributed by atoms with Crippen LogP contribution < -0.4 is 11.1 Å². The minimum atomic E-state index is -0.287. The SMILES string of the molecule is CC(NC(=O)c1n[nH]c(C2CC2)c1N)c1ccco1. The zero-order valence-electron chi connectivity index (χ0n) is 10.6. The van der Waals surface area contributed by atoms with E-state index in [9.17, 15) is 4.79 Å². The Balaban J connectivity index is 1.73. The maximum atomic E-state index is 12.1. The number of aromatic nitrogens is 2. The summed E-state index contributed by atoms with van der Waals surface area (Å²) in [4.78, 5) is 12.1. The minimum Gasteiger partial charge on any atom is -0.467 e. The second kappa shape index (κ2) is 4.46. The van der Waals surface area contributed by atoms with E-state index in [2.05, 4.69) is 15.5 Å². The summed E-state index contributed by atoms with van der Waals surface area (Å²) in [6, 6.07) is 3.38. The summed E-state index contributed by atoms with van der Waals surface area (Å²) in [7, 11) is 0. The summed E-state index contributed by atoms with van der Waals surface area (Å²) in [5.41, 5.74) is 7.58. The van der Waals surface area contributed by atoms with E-state index in [0.717, 1.165) is 18.5 Å². The van der Waals surface area contributed by atoms with E-state index in [1.165, 1.54) is 0 Å². The Labute approximate surface area is 110 Å². The molecule has 0 bridgehead atoms. The summed E-state index contributed by atoms with van der Waals surface area (Å²) in [6.07, 6.45) is 3.79. The van der Waals surface area contributed by atoms with Gasteiger partial charge in [0.1, 0.15) is 5.76 Å². The van der Waals surface area contributed by atoms with Crippen LogP contribution in [0, 0.1) is 0 Å². The number of hydrogen-bond acceptors (Lipinski definition) is 4. The third-order valence-corrected chi connectivity index (χ3v) is 3.35. The number of anilines is 1. The predicted molar refractivity (Wildman–Crippen MR) is 69.6 cm³/mol. The predicted octanol–water partition coefficient (Wildman–Crippen LogP) is 1.95. The van der Waals surface area contributed by atoms with Crippen LogP contribution in [0.2, 0.25) is 0 Å². The molecule has 1 aliphatic rings. The average molecular weight is 260 g/mol. The first kappa shape index (κ1) is 11.8. The van der Waals surface area contributed by atoms with Gasteiger partial charge in [0.25, 0.3) is 5.91 Å². The van der Waals surface area contributed by atoms with Crippen LogP contribution in [-0.4, -0.2) is 16.1 Å². The van der Waals surface area contributed by atoms with Crippen molar-refractivity contribution in [2.75, 3.05) is 5.73 Å². The van der Waals surface area contributed by atoms with E-state index in [-0.39, 0.29) is 17.6 Å². The van der Waals surface area contributed by atoms with Gasteiger partial charge in [-0.15, -0.1) is 0 Å². The van der Waals surface area contributed by atoms with Gasteiger partial charge in [0.15, 0.2) is 5.69 Å². The highest BCUT2D eigenvalue weighted by Crippen LogP contribution is 2.42. The van der Waals surface area contributed by atoms with Crippen molar-refractivity contribution in [1.82, 2.24) is 15.5 Å². The summed E-state index contributed by atoms with van der Waals surface area (Å²) in [6.45, 7) is 1.85. The van der Waals surface area contributed by atoms with Crippen molar-refractivity contribution in [2.45, 2.75) is 31.7 Å². The van der Waals surface area contributed by atoms with E-state index in [4.69, 9.17) is 10.2 Å². The van der Waals surface area contributed by atoms with Crippen molar-refractivity contribution in [3.05, 3.63) is 35.5 Å². The van der Waals surface area contributed by atoms with Gasteiger partial charge < -0.3 is 15.5 Å². The highest BCUT2D eigenvalue weighted by atomic mass is 16.3. The Morgan fingerprint density at radius 3 is 3.05 bits per heavy atom. The van der Waals surface area contributed by atoms with Crippen LogP contribution in [0.15, 0.2) is 22.8 Å². The van der Waals surface area contributed by atoms with Gasteiger partial charge in [-0.3, -0.25) is 9.89 Å². The molecule has 0 spiro atoms. The summed E-state index contributed by atoms with van der Waals surface area (Å²) in [5, 5.41) is 9.70. The summed E-state index contributed by atoms with van der Waals surface area (Å²) >= 11 is 0. The molecule has 0 aromatic carbocycles. The lowest BCUT2D eigenvalue weighted by Gasteiger charge is -2.10. The van der Waals surface area contributed by atoms with Crippen LogP contribution in [0.25, 0.3) is 0 Å². The number of rotatable bonds is 4. The van der Waals surface area contributed by atoms with Crippen LogP contribution in [0.4, 0.5) is 5.69 Å². The first-order chi connectivity index (χ1) is 9.16. The molecule has 2 aromatic heterocycles. The smallest absolute Gasteiger partial charge is 0.274 e. The van der Waals surface area contributed by atoms with Crippen molar-refractivity contribution in [2.24, 2.45) is 0 Å². The maximum Gasteiger partial charge on any atom is 0.274 e. The van der Waals surface area contributed by atoms with Crippen molar-refractivity contribution in [1.29, 1.82) is 0 Å². The normalized spacial score (nSPS) is 16.3. The molecule has 1 saturated carbocycles. The number of amides is 1. The van der Waals surface area contributed by atoms with Crippen molar-refractivity contribution < 1.29 is 9.21 Å². The number of nitrogens with two attached hydrogens (primary N) is 1. The van der Waals surface area contributed by atoms with Crippen molar-refractivity contribution >= 4 is 11.6 Å². The van der Waals surface area contributed by atoms with Crippen molar-refractivity contribution in [3.8, 4) is 0 Å². The van der Waals surface area contributed by atoms with E-state index in [1.54, 1.807) is 12.3 Å². The molecule has 6 heteroatoms. The average Bonchev–Trinajstić information content (AvgIpc) is 2.92. The van der Waals surface area contributed by atoms with E-state index >= 15 is 0 Å². The van der Waals surface area contributed by atoms with Crippen LogP contribution in [0.5, 0.6) is 0 Å². The molecule has 0 saturated heterocycles. The molecule has 2 aromatic rings. The molecule has 19 heavy (non-hydrogen) atoms. The standard InChI is InChI=1S/C13H16N4O2/c1-7(9-3-2-6-19-9)15-13(18)12-10(14)11(16-17-12)8-4-5-8/h2-3,6-8H,4-5,14H2,1H3,(H,15,18)(H,16,17). The Morgan fingerprint density at radius 1 is 1.63 bits per heavy atom. The zero-order valence-corrected chi connectivity index (χ0v) is 10.6. The third-order valence-electron chi connectivity index (χ3n) is 3.35. The number of carbonyl (C=O) groups is 1. The van der Waals surface area contributed by atoms with Gasteiger partial charge in [0.05, 0.1) is 23.7 Å².